The Morgan fingerprint density at radius 1 is 1.46 bits per heavy atom. The third-order valence-electron chi connectivity index (χ3n) is 3.26. The van der Waals surface area contributed by atoms with E-state index >= 15 is 0 Å². The van der Waals surface area contributed by atoms with Crippen molar-refractivity contribution in [2.45, 2.75) is 6.92 Å². The third-order valence-corrected chi connectivity index (χ3v) is 3.26. The summed E-state index contributed by atoms with van der Waals surface area (Å²) in [6.45, 7) is 1.93. The van der Waals surface area contributed by atoms with E-state index in [-0.39, 0.29) is 23.7 Å². The number of hydrogen-bond donors (Lipinski definition) is 2. The molecule has 3 aromatic rings. The van der Waals surface area contributed by atoms with Crippen LogP contribution in [0.2, 0.25) is 0 Å². The number of ether oxygens (including phenoxy) is 1. The molecule has 9 nitrogen and oxygen atoms in total. The van der Waals surface area contributed by atoms with Crippen LogP contribution in [0.4, 0.5) is 5.82 Å². The summed E-state index contributed by atoms with van der Waals surface area (Å²) in [5.74, 6) is -0.243. The maximum absolute atomic E-state index is 12.4. The maximum Gasteiger partial charge on any atom is 0.343 e. The van der Waals surface area contributed by atoms with Crippen molar-refractivity contribution >= 4 is 17.7 Å². The van der Waals surface area contributed by atoms with E-state index in [1.165, 1.54) is 17.1 Å². The number of hydrogen-bond acceptors (Lipinski definition) is 6. The van der Waals surface area contributed by atoms with Crippen LogP contribution in [0.15, 0.2) is 35.1 Å². The molecule has 3 rings (SSSR count). The normalized spacial score (nSPS) is 10.6. The monoisotopic (exact) mass is 329 g/mol. The van der Waals surface area contributed by atoms with Crippen LogP contribution in [0.25, 0.3) is 11.5 Å². The first-order chi connectivity index (χ1) is 11.6. The van der Waals surface area contributed by atoms with Crippen LogP contribution in [-0.2, 0) is 11.8 Å². The highest BCUT2D eigenvalue weighted by Gasteiger charge is 2.21. The van der Waals surface area contributed by atoms with Gasteiger partial charge in [-0.15, -0.1) is 0 Å². The Morgan fingerprint density at radius 3 is 3.00 bits per heavy atom. The molecule has 0 spiro atoms. The number of carbonyl (C=O) groups excluding carboxylic acids is 2. The van der Waals surface area contributed by atoms with Gasteiger partial charge >= 0.3 is 5.97 Å². The number of carbonyl (C=O) groups is 2. The summed E-state index contributed by atoms with van der Waals surface area (Å²) in [7, 11) is 1.61. The molecule has 0 saturated heterocycles. The highest BCUT2D eigenvalue weighted by molar-refractivity contribution is 6.06. The van der Waals surface area contributed by atoms with Crippen LogP contribution < -0.4 is 5.32 Å². The topological polar surface area (TPSA) is 115 Å². The van der Waals surface area contributed by atoms with Crippen molar-refractivity contribution in [3.05, 3.63) is 41.9 Å². The van der Waals surface area contributed by atoms with Gasteiger partial charge < -0.3 is 14.5 Å². The fraction of sp³-hybridized carbons (Fsp3) is 0.200. The molecule has 1 amide bonds. The predicted molar refractivity (Wildman–Crippen MR) is 83.4 cm³/mol. The average Bonchev–Trinajstić information content (AvgIpc) is 3.28. The summed E-state index contributed by atoms with van der Waals surface area (Å²) >= 11 is 0. The van der Waals surface area contributed by atoms with Crippen LogP contribution in [0.5, 0.6) is 0 Å². The summed E-state index contributed by atoms with van der Waals surface area (Å²) in [5.41, 5.74) is 0.896. The van der Waals surface area contributed by atoms with E-state index < -0.39 is 11.9 Å². The van der Waals surface area contributed by atoms with Gasteiger partial charge in [-0.3, -0.25) is 14.6 Å². The Morgan fingerprint density at radius 2 is 2.29 bits per heavy atom. The number of H-pyrrole nitrogens is 1. The number of aromatic amines is 1. The number of rotatable bonds is 5. The summed E-state index contributed by atoms with van der Waals surface area (Å²) in [4.78, 5) is 24.3. The fourth-order valence-corrected chi connectivity index (χ4v) is 2.11. The van der Waals surface area contributed by atoms with Crippen LogP contribution in [-0.4, -0.2) is 38.5 Å². The third kappa shape index (κ3) is 2.91. The second kappa shape index (κ2) is 6.41. The predicted octanol–water partition coefficient (Wildman–Crippen LogP) is 1.83. The van der Waals surface area contributed by atoms with Crippen LogP contribution in [0.3, 0.4) is 0 Å². The Kier molecular flexibility index (Phi) is 4.15. The summed E-state index contributed by atoms with van der Waals surface area (Å²) < 4.78 is 11.6. The van der Waals surface area contributed by atoms with Gasteiger partial charge in [0.05, 0.1) is 19.1 Å². The van der Waals surface area contributed by atoms with Crippen LogP contribution in [0, 0.1) is 0 Å². The SMILES string of the molecule is CCOC(=O)c1cnn(C)c1NC(=O)c1cc(-c2ccco2)[nH]n1. The van der Waals surface area contributed by atoms with Crippen molar-refractivity contribution in [1.82, 2.24) is 20.0 Å². The van der Waals surface area contributed by atoms with E-state index in [9.17, 15) is 9.59 Å². The second-order valence-electron chi connectivity index (χ2n) is 4.85. The minimum absolute atomic E-state index is 0.150. The second-order valence-corrected chi connectivity index (χ2v) is 4.85. The van der Waals surface area contributed by atoms with Gasteiger partial charge in [0.1, 0.15) is 17.1 Å². The fourth-order valence-electron chi connectivity index (χ4n) is 2.11. The minimum atomic E-state index is -0.556. The standard InChI is InChI=1S/C15H15N5O4/c1-3-23-15(22)9-8-16-20(2)13(9)17-14(21)11-7-10(18-19-11)12-5-4-6-24-12/h4-8H,3H2,1-2H3,(H,17,21)(H,18,19). The van der Waals surface area contributed by atoms with Gasteiger partial charge in [-0.2, -0.15) is 10.2 Å². The van der Waals surface area contributed by atoms with Gasteiger partial charge in [0, 0.05) is 13.1 Å². The lowest BCUT2D eigenvalue weighted by Gasteiger charge is -2.06. The number of aryl methyl sites for hydroxylation is 1. The molecule has 3 heterocycles. The van der Waals surface area contributed by atoms with Crippen molar-refractivity contribution in [1.29, 1.82) is 0 Å². The molecular formula is C15H15N5O4. The Labute approximate surface area is 136 Å². The summed E-state index contributed by atoms with van der Waals surface area (Å²) in [5, 5.41) is 13.3. The van der Waals surface area contributed by atoms with E-state index in [4.69, 9.17) is 9.15 Å². The Hall–Kier alpha value is -3.36. The molecule has 0 aliphatic carbocycles. The molecule has 0 aliphatic rings. The highest BCUT2D eigenvalue weighted by atomic mass is 16.5. The van der Waals surface area contributed by atoms with Gasteiger partial charge in [0.25, 0.3) is 5.91 Å². The Bertz CT molecular complexity index is 862. The molecule has 0 radical (unpaired) electrons. The molecule has 3 aromatic heterocycles. The number of esters is 1. The summed E-state index contributed by atoms with van der Waals surface area (Å²) in [6.07, 6.45) is 2.86. The number of aromatic nitrogens is 4. The Balaban J connectivity index is 1.81. The molecule has 124 valence electrons. The van der Waals surface area contributed by atoms with Crippen molar-refractivity contribution in [2.24, 2.45) is 7.05 Å². The molecule has 0 aromatic carbocycles. The molecule has 0 fully saturated rings. The van der Waals surface area contributed by atoms with E-state index in [1.807, 2.05) is 0 Å². The molecule has 0 unspecified atom stereocenters. The zero-order valence-corrected chi connectivity index (χ0v) is 13.1. The van der Waals surface area contributed by atoms with Gasteiger partial charge in [-0.25, -0.2) is 4.79 Å². The first-order valence-electron chi connectivity index (χ1n) is 7.20. The van der Waals surface area contributed by atoms with E-state index in [2.05, 4.69) is 20.6 Å². The zero-order chi connectivity index (χ0) is 17.1. The number of nitrogens with zero attached hydrogens (tertiary/aromatic N) is 3. The number of anilines is 1. The van der Waals surface area contributed by atoms with Crippen LogP contribution >= 0.6 is 0 Å². The smallest absolute Gasteiger partial charge is 0.343 e. The van der Waals surface area contributed by atoms with Crippen molar-refractivity contribution in [3.63, 3.8) is 0 Å². The minimum Gasteiger partial charge on any atom is -0.463 e. The maximum atomic E-state index is 12.4. The first-order valence-corrected chi connectivity index (χ1v) is 7.20. The largest absolute Gasteiger partial charge is 0.463 e. The van der Waals surface area contributed by atoms with E-state index in [0.717, 1.165) is 0 Å². The van der Waals surface area contributed by atoms with Gasteiger partial charge in [-0.1, -0.05) is 0 Å². The number of furan rings is 1. The van der Waals surface area contributed by atoms with Crippen molar-refractivity contribution in [2.75, 3.05) is 11.9 Å². The molecule has 2 N–H and O–H groups in total. The first kappa shape index (κ1) is 15.5. The van der Waals surface area contributed by atoms with Gasteiger partial charge in [-0.05, 0) is 19.1 Å². The van der Waals surface area contributed by atoms with E-state index in [0.29, 0.717) is 11.5 Å². The molecule has 0 saturated carbocycles. The van der Waals surface area contributed by atoms with Gasteiger partial charge in [0.15, 0.2) is 11.5 Å². The average molecular weight is 329 g/mol. The molecule has 0 bridgehead atoms. The number of nitrogens with one attached hydrogen (secondary N) is 2. The lowest BCUT2D eigenvalue weighted by molar-refractivity contribution is 0.0527. The molecular weight excluding hydrogens is 314 g/mol. The quantitative estimate of drug-likeness (QED) is 0.690. The number of amides is 1. The molecule has 24 heavy (non-hydrogen) atoms. The highest BCUT2D eigenvalue weighted by Crippen LogP contribution is 2.20. The van der Waals surface area contributed by atoms with Crippen LogP contribution in [0.1, 0.15) is 27.8 Å². The van der Waals surface area contributed by atoms with Gasteiger partial charge in [0.2, 0.25) is 0 Å². The zero-order valence-electron chi connectivity index (χ0n) is 13.1. The van der Waals surface area contributed by atoms with Crippen molar-refractivity contribution in [3.8, 4) is 11.5 Å². The lowest BCUT2D eigenvalue weighted by Crippen LogP contribution is -2.18. The van der Waals surface area contributed by atoms with Crippen molar-refractivity contribution < 1.29 is 18.7 Å². The van der Waals surface area contributed by atoms with E-state index in [1.54, 1.807) is 32.2 Å². The summed E-state index contributed by atoms with van der Waals surface area (Å²) in [6, 6.07) is 5.03. The molecule has 0 atom stereocenters. The lowest BCUT2D eigenvalue weighted by atomic mass is 10.3. The molecule has 0 aliphatic heterocycles. The molecule has 9 heteroatoms.